The number of benzene rings is 1. The van der Waals surface area contributed by atoms with Crippen LogP contribution >= 0.6 is 11.6 Å². The van der Waals surface area contributed by atoms with E-state index in [1.165, 1.54) is 12.4 Å². The van der Waals surface area contributed by atoms with E-state index < -0.39 is 0 Å². The summed E-state index contributed by atoms with van der Waals surface area (Å²) in [6.07, 6.45) is 2.78. The molecule has 0 saturated heterocycles. The Balaban J connectivity index is 2.22. The fourth-order valence-corrected chi connectivity index (χ4v) is 1.32. The van der Waals surface area contributed by atoms with Crippen LogP contribution in [-0.4, -0.2) is 21.0 Å². The van der Waals surface area contributed by atoms with Gasteiger partial charge in [0.05, 0.1) is 12.4 Å². The normalized spacial score (nSPS) is 11.3. The van der Waals surface area contributed by atoms with Gasteiger partial charge in [-0.15, -0.1) is 0 Å². The van der Waals surface area contributed by atoms with Crippen molar-refractivity contribution in [2.45, 2.75) is 0 Å². The Morgan fingerprint density at radius 3 is 2.67 bits per heavy atom. The lowest BCUT2D eigenvalue weighted by atomic mass is 10.3. The molecule has 0 spiro atoms. The van der Waals surface area contributed by atoms with Gasteiger partial charge in [-0.25, -0.2) is 4.98 Å². The van der Waals surface area contributed by atoms with Crippen molar-refractivity contribution in [1.82, 2.24) is 9.97 Å². The molecule has 1 aromatic carbocycles. The van der Waals surface area contributed by atoms with Gasteiger partial charge in [0.2, 0.25) is 5.88 Å². The number of oxime groups is 1. The van der Waals surface area contributed by atoms with Gasteiger partial charge in [0.25, 0.3) is 0 Å². The highest BCUT2D eigenvalue weighted by molar-refractivity contribution is 6.30. The third-order valence-corrected chi connectivity index (χ3v) is 2.27. The molecule has 0 atom stereocenters. The number of hydrogen-bond acceptors (Lipinski definition) is 5. The highest BCUT2D eigenvalue weighted by atomic mass is 35.5. The maximum atomic E-state index is 8.54. The summed E-state index contributed by atoms with van der Waals surface area (Å²) >= 11 is 5.76. The van der Waals surface area contributed by atoms with Gasteiger partial charge in [-0.05, 0) is 24.3 Å². The van der Waals surface area contributed by atoms with Crippen LogP contribution in [0.15, 0.2) is 41.8 Å². The van der Waals surface area contributed by atoms with Gasteiger partial charge in [-0.3, -0.25) is 4.98 Å². The summed E-state index contributed by atoms with van der Waals surface area (Å²) in [5.74, 6) is 0.663. The molecule has 0 amide bonds. The van der Waals surface area contributed by atoms with Gasteiger partial charge in [0, 0.05) is 5.02 Å². The van der Waals surface area contributed by atoms with Crippen LogP contribution < -0.4 is 10.5 Å². The first kappa shape index (κ1) is 12.1. The summed E-state index contributed by atoms with van der Waals surface area (Å²) in [5, 5.41) is 12.0. The van der Waals surface area contributed by atoms with E-state index in [2.05, 4.69) is 15.1 Å². The van der Waals surface area contributed by atoms with Gasteiger partial charge in [0.1, 0.15) is 11.4 Å². The van der Waals surface area contributed by atoms with Crippen molar-refractivity contribution in [3.63, 3.8) is 0 Å². The maximum absolute atomic E-state index is 8.54. The van der Waals surface area contributed by atoms with E-state index in [4.69, 9.17) is 27.3 Å². The number of ether oxygens (including phenoxy) is 1. The fourth-order valence-electron chi connectivity index (χ4n) is 1.20. The highest BCUT2D eigenvalue weighted by Crippen LogP contribution is 2.20. The first-order valence-electron chi connectivity index (χ1n) is 4.92. The van der Waals surface area contributed by atoms with E-state index in [1.54, 1.807) is 24.3 Å². The van der Waals surface area contributed by atoms with Crippen molar-refractivity contribution >= 4 is 17.4 Å². The Morgan fingerprint density at radius 2 is 2.00 bits per heavy atom. The quantitative estimate of drug-likeness (QED) is 0.383. The number of nitrogens with zero attached hydrogens (tertiary/aromatic N) is 3. The van der Waals surface area contributed by atoms with Crippen LogP contribution in [0.2, 0.25) is 5.02 Å². The lowest BCUT2D eigenvalue weighted by molar-refractivity contribution is 0.318. The molecule has 18 heavy (non-hydrogen) atoms. The largest absolute Gasteiger partial charge is 0.437 e. The van der Waals surface area contributed by atoms with Crippen LogP contribution in [0.5, 0.6) is 11.6 Å². The molecule has 6 nitrogen and oxygen atoms in total. The molecule has 7 heteroatoms. The maximum Gasteiger partial charge on any atom is 0.238 e. The second kappa shape index (κ2) is 5.33. The molecule has 2 aromatic rings. The van der Waals surface area contributed by atoms with Crippen LogP contribution in [0.1, 0.15) is 5.69 Å². The zero-order chi connectivity index (χ0) is 13.0. The second-order valence-corrected chi connectivity index (χ2v) is 3.72. The van der Waals surface area contributed by atoms with E-state index in [1.807, 2.05) is 0 Å². The predicted molar refractivity (Wildman–Crippen MR) is 66.1 cm³/mol. The van der Waals surface area contributed by atoms with Gasteiger partial charge < -0.3 is 15.7 Å². The van der Waals surface area contributed by atoms with Crippen LogP contribution in [-0.2, 0) is 0 Å². The Kier molecular flexibility index (Phi) is 3.59. The van der Waals surface area contributed by atoms with E-state index >= 15 is 0 Å². The van der Waals surface area contributed by atoms with Crippen LogP contribution in [0.4, 0.5) is 0 Å². The summed E-state index contributed by atoms with van der Waals surface area (Å²) in [7, 11) is 0. The van der Waals surface area contributed by atoms with E-state index in [9.17, 15) is 0 Å². The molecule has 1 aromatic heterocycles. The first-order valence-corrected chi connectivity index (χ1v) is 5.30. The molecule has 0 fully saturated rings. The number of halogens is 1. The average Bonchev–Trinajstić information content (AvgIpc) is 2.41. The van der Waals surface area contributed by atoms with Gasteiger partial charge in [0.15, 0.2) is 5.84 Å². The van der Waals surface area contributed by atoms with Crippen molar-refractivity contribution in [1.29, 1.82) is 0 Å². The monoisotopic (exact) mass is 264 g/mol. The van der Waals surface area contributed by atoms with E-state index in [0.717, 1.165) is 0 Å². The summed E-state index contributed by atoms with van der Waals surface area (Å²) in [6, 6.07) is 6.77. The number of nitrogens with two attached hydrogens (primary N) is 1. The Bertz CT molecular complexity index is 572. The third kappa shape index (κ3) is 2.86. The molecule has 3 N–H and O–H groups in total. The molecule has 0 bridgehead atoms. The van der Waals surface area contributed by atoms with Gasteiger partial charge in [-0.2, -0.15) is 0 Å². The molecule has 0 radical (unpaired) electrons. The van der Waals surface area contributed by atoms with Crippen molar-refractivity contribution in [3.8, 4) is 11.6 Å². The molecule has 0 aliphatic heterocycles. The molecule has 0 saturated carbocycles. The smallest absolute Gasteiger partial charge is 0.238 e. The first-order chi connectivity index (χ1) is 8.69. The minimum atomic E-state index is -0.135. The second-order valence-electron chi connectivity index (χ2n) is 3.28. The number of amidine groups is 1. The molecule has 2 rings (SSSR count). The number of aromatic nitrogens is 2. The average molecular weight is 265 g/mol. The van der Waals surface area contributed by atoms with Crippen LogP contribution in [0, 0.1) is 0 Å². The number of hydrogen-bond donors (Lipinski definition) is 2. The predicted octanol–water partition coefficient (Wildman–Crippen LogP) is 2.02. The summed E-state index contributed by atoms with van der Waals surface area (Å²) in [5.41, 5.74) is 5.63. The zero-order valence-corrected chi connectivity index (χ0v) is 9.87. The minimum absolute atomic E-state index is 0.135. The lowest BCUT2D eigenvalue weighted by Crippen LogP contribution is -2.15. The van der Waals surface area contributed by atoms with Crippen molar-refractivity contribution in [2.24, 2.45) is 10.9 Å². The van der Waals surface area contributed by atoms with Crippen molar-refractivity contribution < 1.29 is 9.94 Å². The Labute approximate surface area is 108 Å². The van der Waals surface area contributed by atoms with Crippen LogP contribution in [0.25, 0.3) is 0 Å². The molecule has 0 unspecified atom stereocenters. The van der Waals surface area contributed by atoms with E-state index in [0.29, 0.717) is 10.8 Å². The summed E-state index contributed by atoms with van der Waals surface area (Å²) < 4.78 is 5.44. The molecule has 0 aliphatic rings. The lowest BCUT2D eigenvalue weighted by Gasteiger charge is -2.05. The third-order valence-electron chi connectivity index (χ3n) is 2.02. The topological polar surface area (TPSA) is 93.6 Å². The molecule has 0 aliphatic carbocycles. The van der Waals surface area contributed by atoms with Gasteiger partial charge in [-0.1, -0.05) is 16.8 Å². The Morgan fingerprint density at radius 1 is 1.28 bits per heavy atom. The Hall–Kier alpha value is -2.34. The molecule has 1 heterocycles. The summed E-state index contributed by atoms with van der Waals surface area (Å²) in [4.78, 5) is 7.91. The molecular weight excluding hydrogens is 256 g/mol. The fraction of sp³-hybridized carbons (Fsp3) is 0. The number of rotatable bonds is 3. The summed E-state index contributed by atoms with van der Waals surface area (Å²) in [6.45, 7) is 0. The van der Waals surface area contributed by atoms with Gasteiger partial charge >= 0.3 is 0 Å². The van der Waals surface area contributed by atoms with E-state index in [-0.39, 0.29) is 17.4 Å². The molecular formula is C11H9ClN4O2. The SMILES string of the molecule is N/C(=N\O)c1cncc(Oc2ccc(Cl)cc2)n1. The van der Waals surface area contributed by atoms with Crippen LogP contribution in [0.3, 0.4) is 0 Å². The minimum Gasteiger partial charge on any atom is -0.437 e. The van der Waals surface area contributed by atoms with Crippen molar-refractivity contribution in [2.75, 3.05) is 0 Å². The highest BCUT2D eigenvalue weighted by Gasteiger charge is 2.05. The molecule has 92 valence electrons. The van der Waals surface area contributed by atoms with Crippen molar-refractivity contribution in [3.05, 3.63) is 47.4 Å². The standard InChI is InChI=1S/C11H9ClN4O2/c12-7-1-3-8(4-2-7)18-10-6-14-5-9(15-10)11(13)16-17/h1-6,17H,(H2,13,16). The zero-order valence-electron chi connectivity index (χ0n) is 9.12.